The number of thiazole rings is 1. The van der Waals surface area contributed by atoms with Crippen LogP contribution in [-0.2, 0) is 30.5 Å². The van der Waals surface area contributed by atoms with E-state index in [4.69, 9.17) is 14.2 Å². The normalized spacial score (nSPS) is 16.4. The maximum absolute atomic E-state index is 12.5. The number of nitrogens with zero attached hydrogens (tertiary/aromatic N) is 3. The number of fused-ring (bicyclic) bond motifs is 2. The van der Waals surface area contributed by atoms with E-state index in [-0.39, 0.29) is 37.6 Å². The third kappa shape index (κ3) is 3.92. The largest absolute Gasteiger partial charge is 0.486 e. The number of carbonyl (C=O) groups is 4. The Morgan fingerprint density at radius 2 is 1.80 bits per heavy atom. The van der Waals surface area contributed by atoms with E-state index in [0.717, 1.165) is 15.1 Å². The molecule has 30 heavy (non-hydrogen) atoms. The first kappa shape index (κ1) is 20.1. The van der Waals surface area contributed by atoms with Gasteiger partial charge in [-0.25, -0.2) is 0 Å². The zero-order valence-electron chi connectivity index (χ0n) is 16.2. The molecular formula is C19H19N3O7S. The molecule has 0 radical (unpaired) electrons. The summed E-state index contributed by atoms with van der Waals surface area (Å²) < 4.78 is 18.5. The van der Waals surface area contributed by atoms with Crippen molar-refractivity contribution in [3.8, 4) is 11.5 Å². The number of likely N-dealkylation sites (tertiary alicyclic amines) is 1. The lowest BCUT2D eigenvalue weighted by molar-refractivity contribution is -0.142. The number of carbonyl (C=O) groups excluding carboxylic acids is 4. The molecule has 1 fully saturated rings. The van der Waals surface area contributed by atoms with Crippen molar-refractivity contribution < 1.29 is 33.4 Å². The quantitative estimate of drug-likeness (QED) is 0.501. The molecule has 1 aromatic heterocycles. The molecule has 0 unspecified atom stereocenters. The van der Waals surface area contributed by atoms with Crippen LogP contribution in [0.5, 0.6) is 11.5 Å². The highest BCUT2D eigenvalue weighted by atomic mass is 32.1. The van der Waals surface area contributed by atoms with Gasteiger partial charge in [0.15, 0.2) is 16.3 Å². The van der Waals surface area contributed by atoms with Crippen molar-refractivity contribution in [2.75, 3.05) is 26.9 Å². The van der Waals surface area contributed by atoms with E-state index in [2.05, 4.69) is 4.99 Å². The first-order valence-corrected chi connectivity index (χ1v) is 10.2. The van der Waals surface area contributed by atoms with Gasteiger partial charge in [-0.2, -0.15) is 4.99 Å². The van der Waals surface area contributed by atoms with Crippen LogP contribution in [-0.4, -0.2) is 60.0 Å². The number of benzene rings is 1. The Bertz CT molecular complexity index is 1100. The molecule has 1 saturated heterocycles. The Morgan fingerprint density at radius 3 is 2.47 bits per heavy atom. The summed E-state index contributed by atoms with van der Waals surface area (Å²) >= 11 is 1.24. The average molecular weight is 433 g/mol. The van der Waals surface area contributed by atoms with Gasteiger partial charge in [0.1, 0.15) is 19.8 Å². The van der Waals surface area contributed by atoms with Crippen LogP contribution in [0.15, 0.2) is 17.1 Å². The molecule has 2 aliphatic heterocycles. The summed E-state index contributed by atoms with van der Waals surface area (Å²) in [7, 11) is 1.30. The number of esters is 1. The average Bonchev–Trinajstić information content (AvgIpc) is 3.23. The van der Waals surface area contributed by atoms with E-state index >= 15 is 0 Å². The molecule has 0 bridgehead atoms. The summed E-state index contributed by atoms with van der Waals surface area (Å²) in [5, 5.41) is 0. The lowest BCUT2D eigenvalue weighted by Crippen LogP contribution is -2.34. The third-order valence-electron chi connectivity index (χ3n) is 4.78. The number of ether oxygens (including phenoxy) is 3. The monoisotopic (exact) mass is 433 g/mol. The molecule has 0 atom stereocenters. The van der Waals surface area contributed by atoms with E-state index in [0.29, 0.717) is 29.5 Å². The number of rotatable bonds is 5. The minimum atomic E-state index is -0.616. The van der Waals surface area contributed by atoms with Crippen LogP contribution in [0.1, 0.15) is 19.3 Å². The maximum Gasteiger partial charge on any atom is 0.307 e. The molecule has 0 aliphatic carbocycles. The maximum atomic E-state index is 12.5. The molecule has 0 saturated carbocycles. The molecule has 3 heterocycles. The predicted molar refractivity (Wildman–Crippen MR) is 104 cm³/mol. The number of hydrogen-bond acceptors (Lipinski definition) is 8. The second-order valence-electron chi connectivity index (χ2n) is 6.71. The molecule has 10 nitrogen and oxygen atoms in total. The fraction of sp³-hybridized carbons (Fsp3) is 0.421. The molecule has 2 aromatic rings. The van der Waals surface area contributed by atoms with Crippen molar-refractivity contribution in [1.82, 2.24) is 9.47 Å². The Labute approximate surface area is 174 Å². The van der Waals surface area contributed by atoms with E-state index in [1.165, 1.54) is 18.4 Å². The highest BCUT2D eigenvalue weighted by Gasteiger charge is 2.30. The fourth-order valence-electron chi connectivity index (χ4n) is 3.29. The molecule has 1 aromatic carbocycles. The Balaban J connectivity index is 1.72. The molecule has 0 spiro atoms. The molecule has 4 rings (SSSR count). The van der Waals surface area contributed by atoms with Gasteiger partial charge in [-0.1, -0.05) is 11.3 Å². The van der Waals surface area contributed by atoms with E-state index in [1.807, 2.05) is 0 Å². The number of methoxy groups -OCH3 is 1. The predicted octanol–water partition coefficient (Wildman–Crippen LogP) is 0.613. The van der Waals surface area contributed by atoms with Crippen molar-refractivity contribution in [2.24, 2.45) is 4.99 Å². The summed E-state index contributed by atoms with van der Waals surface area (Å²) in [5.74, 6) is -0.592. The van der Waals surface area contributed by atoms with Gasteiger partial charge in [-0.3, -0.25) is 24.1 Å². The van der Waals surface area contributed by atoms with Gasteiger partial charge < -0.3 is 18.8 Å². The Morgan fingerprint density at radius 1 is 1.13 bits per heavy atom. The topological polar surface area (TPSA) is 116 Å². The highest BCUT2D eigenvalue weighted by Crippen LogP contribution is 2.35. The minimum Gasteiger partial charge on any atom is -0.486 e. The second-order valence-corrected chi connectivity index (χ2v) is 7.71. The van der Waals surface area contributed by atoms with Gasteiger partial charge in [0.25, 0.3) is 5.91 Å². The zero-order chi connectivity index (χ0) is 21.3. The smallest absolute Gasteiger partial charge is 0.307 e. The van der Waals surface area contributed by atoms with Gasteiger partial charge >= 0.3 is 5.97 Å². The van der Waals surface area contributed by atoms with Gasteiger partial charge in [0.2, 0.25) is 11.8 Å². The van der Waals surface area contributed by atoms with Gasteiger partial charge in [-0.15, -0.1) is 0 Å². The van der Waals surface area contributed by atoms with Gasteiger partial charge in [-0.05, 0) is 0 Å². The van der Waals surface area contributed by atoms with Crippen LogP contribution >= 0.6 is 11.3 Å². The van der Waals surface area contributed by atoms with E-state index in [1.54, 1.807) is 16.7 Å². The summed E-state index contributed by atoms with van der Waals surface area (Å²) in [6.07, 6.45) is 0.306. The first-order valence-electron chi connectivity index (χ1n) is 9.37. The molecule has 3 amide bonds. The Kier molecular flexibility index (Phi) is 5.53. The molecule has 2 aliphatic rings. The lowest BCUT2D eigenvalue weighted by atomic mass is 10.2. The van der Waals surface area contributed by atoms with Crippen LogP contribution in [0.2, 0.25) is 0 Å². The number of imide groups is 1. The summed E-state index contributed by atoms with van der Waals surface area (Å²) in [5.41, 5.74) is 0.730. The summed E-state index contributed by atoms with van der Waals surface area (Å²) in [4.78, 5) is 53.1. The van der Waals surface area contributed by atoms with Gasteiger partial charge in [0, 0.05) is 31.5 Å². The number of aromatic nitrogens is 1. The van der Waals surface area contributed by atoms with Crippen LogP contribution in [0, 0.1) is 0 Å². The van der Waals surface area contributed by atoms with Gasteiger partial charge in [0.05, 0.1) is 23.7 Å². The third-order valence-corrected chi connectivity index (χ3v) is 5.82. The van der Waals surface area contributed by atoms with Crippen LogP contribution in [0.4, 0.5) is 0 Å². The number of amides is 3. The SMILES string of the molecule is COC(=O)CCn1c(=NC(=O)CN2C(=O)CCC2=O)sc2cc3c(cc21)OCCO3. The van der Waals surface area contributed by atoms with Crippen molar-refractivity contribution in [3.63, 3.8) is 0 Å². The minimum absolute atomic E-state index is 0.0846. The number of aryl methyl sites for hydroxylation is 1. The van der Waals surface area contributed by atoms with Crippen LogP contribution in [0.3, 0.4) is 0 Å². The second kappa shape index (κ2) is 8.27. The van der Waals surface area contributed by atoms with Crippen LogP contribution < -0.4 is 14.3 Å². The lowest BCUT2D eigenvalue weighted by Gasteiger charge is -2.18. The number of hydrogen-bond donors (Lipinski definition) is 0. The standard InChI is InChI=1S/C19H19N3O7S/c1-27-18(26)4-5-21-11-8-12-13(29-7-6-28-12)9-14(11)30-19(21)20-15(23)10-22-16(24)2-3-17(22)25/h8-9H,2-7,10H2,1H3. The summed E-state index contributed by atoms with van der Waals surface area (Å²) in [6.45, 7) is 0.712. The molecule has 158 valence electrons. The Hall–Kier alpha value is -3.21. The zero-order valence-corrected chi connectivity index (χ0v) is 17.0. The van der Waals surface area contributed by atoms with Crippen molar-refractivity contribution in [3.05, 3.63) is 16.9 Å². The molecule has 0 N–H and O–H groups in total. The van der Waals surface area contributed by atoms with E-state index in [9.17, 15) is 19.2 Å². The van der Waals surface area contributed by atoms with Crippen molar-refractivity contribution in [2.45, 2.75) is 25.8 Å². The van der Waals surface area contributed by atoms with Crippen molar-refractivity contribution in [1.29, 1.82) is 0 Å². The fourth-order valence-corrected chi connectivity index (χ4v) is 4.37. The van der Waals surface area contributed by atoms with Crippen molar-refractivity contribution >= 4 is 45.2 Å². The van der Waals surface area contributed by atoms with E-state index < -0.39 is 18.4 Å². The highest BCUT2D eigenvalue weighted by molar-refractivity contribution is 7.16. The molecular weight excluding hydrogens is 414 g/mol. The molecule has 11 heteroatoms. The van der Waals surface area contributed by atoms with Crippen LogP contribution in [0.25, 0.3) is 10.2 Å². The first-order chi connectivity index (χ1) is 14.5. The summed E-state index contributed by atoms with van der Waals surface area (Å²) in [6, 6.07) is 3.59.